The van der Waals surface area contributed by atoms with Gasteiger partial charge in [-0.05, 0) is 52.3 Å². The maximum Gasteiger partial charge on any atom is 0.120 e. The number of methoxy groups -OCH3 is 1. The molecule has 0 fully saturated rings. The first-order valence-electron chi connectivity index (χ1n) is 5.59. The van der Waals surface area contributed by atoms with Crippen LogP contribution in [-0.4, -0.2) is 12.7 Å². The predicted molar refractivity (Wildman–Crippen MR) is 66.9 cm³/mol. The molecule has 0 aliphatic heterocycles. The van der Waals surface area contributed by atoms with Crippen LogP contribution in [0.15, 0.2) is 24.3 Å². The first-order valence-corrected chi connectivity index (χ1v) is 5.59. The summed E-state index contributed by atoms with van der Waals surface area (Å²) >= 11 is 0. The Kier molecular flexibility index (Phi) is 3.64. The molecule has 0 N–H and O–H groups in total. The van der Waals surface area contributed by atoms with Crippen LogP contribution in [0.3, 0.4) is 0 Å². The van der Waals surface area contributed by atoms with Crippen LogP contribution in [0, 0.1) is 0 Å². The van der Waals surface area contributed by atoms with Crippen LogP contribution in [0.4, 0.5) is 0 Å². The van der Waals surface area contributed by atoms with Crippen molar-refractivity contribution in [2.75, 3.05) is 7.11 Å². The van der Waals surface area contributed by atoms with Crippen molar-refractivity contribution < 1.29 is 9.47 Å². The maximum atomic E-state index is 5.76. The van der Waals surface area contributed by atoms with E-state index < -0.39 is 0 Å². The monoisotopic (exact) mass is 222 g/mol. The van der Waals surface area contributed by atoms with E-state index in [0.717, 1.165) is 11.3 Å². The van der Waals surface area contributed by atoms with E-state index in [1.54, 1.807) is 7.11 Å². The highest BCUT2D eigenvalue weighted by molar-refractivity contribution is 5.30. The molecule has 1 aromatic rings. The van der Waals surface area contributed by atoms with E-state index in [1.165, 1.54) is 0 Å². The quantitative estimate of drug-likeness (QED) is 0.775. The summed E-state index contributed by atoms with van der Waals surface area (Å²) in [6.45, 7) is 10.2. The van der Waals surface area contributed by atoms with Gasteiger partial charge in [0, 0.05) is 7.11 Å². The van der Waals surface area contributed by atoms with Gasteiger partial charge in [0.1, 0.15) is 11.4 Å². The van der Waals surface area contributed by atoms with Gasteiger partial charge in [-0.2, -0.15) is 0 Å². The van der Waals surface area contributed by atoms with E-state index in [-0.39, 0.29) is 11.2 Å². The molecule has 0 aliphatic rings. The van der Waals surface area contributed by atoms with Gasteiger partial charge in [-0.15, -0.1) is 0 Å². The lowest BCUT2D eigenvalue weighted by Gasteiger charge is -2.25. The smallest absolute Gasteiger partial charge is 0.120 e. The van der Waals surface area contributed by atoms with Crippen molar-refractivity contribution in [3.8, 4) is 5.75 Å². The van der Waals surface area contributed by atoms with Crippen molar-refractivity contribution in [2.45, 2.75) is 45.8 Å². The summed E-state index contributed by atoms with van der Waals surface area (Å²) in [5.41, 5.74) is 0.745. The Balaban J connectivity index is 2.84. The Labute approximate surface area is 98.6 Å². The lowest BCUT2D eigenvalue weighted by Crippen LogP contribution is -2.23. The lowest BCUT2D eigenvalue weighted by atomic mass is 9.98. The molecule has 0 aromatic heterocycles. The first kappa shape index (κ1) is 13.0. The summed E-state index contributed by atoms with van der Waals surface area (Å²) in [4.78, 5) is 0. The summed E-state index contributed by atoms with van der Waals surface area (Å²) in [6, 6.07) is 8.07. The number of hydrogen-bond donors (Lipinski definition) is 0. The number of hydrogen-bond acceptors (Lipinski definition) is 2. The van der Waals surface area contributed by atoms with Crippen LogP contribution in [0.25, 0.3) is 0 Å². The zero-order chi connectivity index (χ0) is 12.4. The van der Waals surface area contributed by atoms with Crippen LogP contribution in [0.2, 0.25) is 0 Å². The van der Waals surface area contributed by atoms with E-state index in [0.29, 0.717) is 0 Å². The van der Waals surface area contributed by atoms with Crippen LogP contribution in [0.1, 0.15) is 40.2 Å². The third-order valence-electron chi connectivity index (χ3n) is 2.48. The summed E-state index contributed by atoms with van der Waals surface area (Å²) in [6.07, 6.45) is 0. The average molecular weight is 222 g/mol. The van der Waals surface area contributed by atoms with E-state index in [4.69, 9.17) is 9.47 Å². The summed E-state index contributed by atoms with van der Waals surface area (Å²) in [5.74, 6) is 0.892. The number of benzene rings is 1. The molecule has 90 valence electrons. The Morgan fingerprint density at radius 1 is 0.875 bits per heavy atom. The summed E-state index contributed by atoms with van der Waals surface area (Å²) < 4.78 is 11.2. The summed E-state index contributed by atoms with van der Waals surface area (Å²) in [5, 5.41) is 0. The van der Waals surface area contributed by atoms with Crippen molar-refractivity contribution >= 4 is 0 Å². The zero-order valence-corrected chi connectivity index (χ0v) is 11.1. The number of rotatable bonds is 3. The van der Waals surface area contributed by atoms with Gasteiger partial charge in [0.05, 0.1) is 5.60 Å². The molecule has 0 bridgehead atoms. The van der Waals surface area contributed by atoms with Gasteiger partial charge in [-0.1, -0.05) is 12.1 Å². The molecule has 0 unspecified atom stereocenters. The SMILES string of the molecule is COC(C)(C)c1ccc(OC(C)(C)C)cc1. The third-order valence-corrected chi connectivity index (χ3v) is 2.48. The third kappa shape index (κ3) is 3.53. The second-order valence-corrected chi connectivity index (χ2v) is 5.45. The Bertz CT molecular complexity index is 331. The van der Waals surface area contributed by atoms with Crippen LogP contribution in [-0.2, 0) is 10.3 Å². The van der Waals surface area contributed by atoms with Gasteiger partial charge in [0.2, 0.25) is 0 Å². The van der Waals surface area contributed by atoms with Crippen molar-refractivity contribution in [1.82, 2.24) is 0 Å². The maximum absolute atomic E-state index is 5.76. The molecular formula is C14H22O2. The van der Waals surface area contributed by atoms with Crippen LogP contribution >= 0.6 is 0 Å². The van der Waals surface area contributed by atoms with E-state index in [9.17, 15) is 0 Å². The van der Waals surface area contributed by atoms with Crippen molar-refractivity contribution in [2.24, 2.45) is 0 Å². The molecule has 0 saturated heterocycles. The highest BCUT2D eigenvalue weighted by Gasteiger charge is 2.19. The molecule has 2 heteroatoms. The van der Waals surface area contributed by atoms with Crippen molar-refractivity contribution in [1.29, 1.82) is 0 Å². The molecule has 1 aromatic carbocycles. The molecule has 0 spiro atoms. The molecule has 0 atom stereocenters. The first-order chi connectivity index (χ1) is 7.24. The van der Waals surface area contributed by atoms with Crippen molar-refractivity contribution in [3.63, 3.8) is 0 Å². The molecule has 0 radical (unpaired) electrons. The predicted octanol–water partition coefficient (Wildman–Crippen LogP) is 3.75. The summed E-state index contributed by atoms with van der Waals surface area (Å²) in [7, 11) is 1.72. The minimum atomic E-state index is -0.250. The van der Waals surface area contributed by atoms with E-state index >= 15 is 0 Å². The van der Waals surface area contributed by atoms with Crippen LogP contribution < -0.4 is 4.74 Å². The zero-order valence-electron chi connectivity index (χ0n) is 11.1. The second-order valence-electron chi connectivity index (χ2n) is 5.45. The molecule has 0 heterocycles. The highest BCUT2D eigenvalue weighted by atomic mass is 16.5. The number of ether oxygens (including phenoxy) is 2. The van der Waals surface area contributed by atoms with Gasteiger partial charge >= 0.3 is 0 Å². The molecule has 0 amide bonds. The molecule has 16 heavy (non-hydrogen) atoms. The van der Waals surface area contributed by atoms with Gasteiger partial charge in [-0.3, -0.25) is 0 Å². The Morgan fingerprint density at radius 3 is 1.75 bits per heavy atom. The standard InChI is InChI=1S/C14H22O2/c1-13(2,3)16-12-9-7-11(8-10-12)14(4,5)15-6/h7-10H,1-6H3. The van der Waals surface area contributed by atoms with Gasteiger partial charge in [0.25, 0.3) is 0 Å². The van der Waals surface area contributed by atoms with E-state index in [1.807, 2.05) is 58.9 Å². The lowest BCUT2D eigenvalue weighted by molar-refractivity contribution is 0.0191. The average Bonchev–Trinajstić information content (AvgIpc) is 2.16. The van der Waals surface area contributed by atoms with E-state index in [2.05, 4.69) is 0 Å². The normalized spacial score (nSPS) is 12.6. The molecule has 0 aliphatic carbocycles. The van der Waals surface area contributed by atoms with Crippen LogP contribution in [0.5, 0.6) is 5.75 Å². The van der Waals surface area contributed by atoms with Gasteiger partial charge in [-0.25, -0.2) is 0 Å². The van der Waals surface area contributed by atoms with Gasteiger partial charge < -0.3 is 9.47 Å². The Hall–Kier alpha value is -1.02. The fourth-order valence-corrected chi connectivity index (χ4v) is 1.40. The molecular weight excluding hydrogens is 200 g/mol. The fraction of sp³-hybridized carbons (Fsp3) is 0.571. The van der Waals surface area contributed by atoms with Gasteiger partial charge in [0.15, 0.2) is 0 Å². The van der Waals surface area contributed by atoms with Crippen molar-refractivity contribution in [3.05, 3.63) is 29.8 Å². The largest absolute Gasteiger partial charge is 0.488 e. The Morgan fingerprint density at radius 2 is 1.38 bits per heavy atom. The molecule has 0 saturated carbocycles. The second kappa shape index (κ2) is 4.46. The minimum absolute atomic E-state index is 0.154. The molecule has 1 rings (SSSR count). The minimum Gasteiger partial charge on any atom is -0.488 e. The highest BCUT2D eigenvalue weighted by Crippen LogP contribution is 2.26. The molecule has 2 nitrogen and oxygen atoms in total. The topological polar surface area (TPSA) is 18.5 Å². The fourth-order valence-electron chi connectivity index (χ4n) is 1.40.